The van der Waals surface area contributed by atoms with Crippen LogP contribution in [0.2, 0.25) is 0 Å². The molecule has 0 bridgehead atoms. The molecule has 15 nitrogen and oxygen atoms in total. The molecular weight excluding hydrogens is 602 g/mol. The summed E-state index contributed by atoms with van der Waals surface area (Å²) in [4.78, 5) is 55.5. The van der Waals surface area contributed by atoms with Crippen LogP contribution in [0.15, 0.2) is 34.3 Å². The number of fused-ring (bicyclic) bond motifs is 1. The highest BCUT2D eigenvalue weighted by molar-refractivity contribution is 7.90. The van der Waals surface area contributed by atoms with Crippen molar-refractivity contribution < 1.29 is 27.5 Å². The number of aliphatic imine (C=N–C) groups is 1. The number of hydrogen-bond donors (Lipinski definition) is 3. The molecule has 16 heteroatoms. The summed E-state index contributed by atoms with van der Waals surface area (Å²) in [6.07, 6.45) is 4.69. The third-order valence-corrected chi connectivity index (χ3v) is 8.15. The predicted molar refractivity (Wildman–Crippen MR) is 172 cm³/mol. The van der Waals surface area contributed by atoms with Crippen molar-refractivity contribution in [1.29, 1.82) is 0 Å². The van der Waals surface area contributed by atoms with E-state index < -0.39 is 21.5 Å². The maximum atomic E-state index is 12.6. The number of aromatic nitrogens is 2. The Bertz CT molecular complexity index is 1590. The smallest absolute Gasteiger partial charge is 0.410 e. The third-order valence-electron chi connectivity index (χ3n) is 7.06. The molecule has 1 atom stereocenters. The molecule has 45 heavy (non-hydrogen) atoms. The number of urea groups is 1. The van der Waals surface area contributed by atoms with Crippen LogP contribution in [-0.2, 0) is 19.4 Å². The van der Waals surface area contributed by atoms with E-state index in [2.05, 4.69) is 30.9 Å². The fraction of sp³-hybridized carbons (Fsp3) is 0.517. The third kappa shape index (κ3) is 8.80. The summed E-state index contributed by atoms with van der Waals surface area (Å²) in [5.74, 6) is 0.721. The van der Waals surface area contributed by atoms with Gasteiger partial charge in [0.05, 0.1) is 17.6 Å². The molecule has 0 saturated carbocycles. The van der Waals surface area contributed by atoms with Gasteiger partial charge in [0, 0.05) is 55.9 Å². The number of ether oxygens (including phenoxy) is 1. The number of carbonyl (C=O) groups is 3. The van der Waals surface area contributed by atoms with Gasteiger partial charge in [0.25, 0.3) is 0 Å². The molecule has 3 heterocycles. The number of hydrogen-bond acceptors (Lipinski definition) is 11. The number of carbonyl (C=O) groups excluding carboxylic acids is 3. The molecule has 1 aromatic carbocycles. The van der Waals surface area contributed by atoms with Crippen LogP contribution in [0.25, 0.3) is 0 Å². The number of benzene rings is 1. The Labute approximate surface area is 263 Å². The number of anilines is 5. The van der Waals surface area contributed by atoms with Crippen molar-refractivity contribution in [2.75, 3.05) is 60.0 Å². The summed E-state index contributed by atoms with van der Waals surface area (Å²) in [7, 11) is -1.98. The van der Waals surface area contributed by atoms with Crippen LogP contribution >= 0.6 is 0 Å². The molecule has 2 aliphatic rings. The fourth-order valence-corrected chi connectivity index (χ4v) is 5.43. The highest BCUT2D eigenvalue weighted by Gasteiger charge is 2.31. The van der Waals surface area contributed by atoms with Crippen molar-refractivity contribution in [3.8, 4) is 0 Å². The molecule has 244 valence electrons. The highest BCUT2D eigenvalue weighted by atomic mass is 32.2. The number of likely N-dealkylation sites (tertiary alicyclic amines) is 1. The summed E-state index contributed by atoms with van der Waals surface area (Å²) in [5, 5.41) is 8.29. The first-order chi connectivity index (χ1) is 21.0. The zero-order chi connectivity index (χ0) is 33.1. The molecule has 2 aliphatic heterocycles. The predicted octanol–water partition coefficient (Wildman–Crippen LogP) is 3.22. The van der Waals surface area contributed by atoms with Crippen LogP contribution in [0, 0.1) is 5.92 Å². The molecule has 3 N–H and O–H groups in total. The van der Waals surface area contributed by atoms with Crippen LogP contribution in [0.5, 0.6) is 0 Å². The molecule has 1 unspecified atom stereocenters. The topological polar surface area (TPSA) is 179 Å². The van der Waals surface area contributed by atoms with Gasteiger partial charge in [0.2, 0.25) is 11.9 Å². The molecule has 0 aliphatic carbocycles. The number of rotatable bonds is 8. The average molecular weight is 644 g/mol. The van der Waals surface area contributed by atoms with Crippen LogP contribution in [-0.4, -0.2) is 98.8 Å². The summed E-state index contributed by atoms with van der Waals surface area (Å²) in [6.45, 7) is 10.6. The molecule has 4 rings (SSSR count). The van der Waals surface area contributed by atoms with Gasteiger partial charge in [-0.2, -0.15) is 4.98 Å². The highest BCUT2D eigenvalue weighted by Crippen LogP contribution is 2.33. The van der Waals surface area contributed by atoms with Crippen molar-refractivity contribution in [2.24, 2.45) is 10.9 Å². The van der Waals surface area contributed by atoms with Crippen LogP contribution in [0.4, 0.5) is 38.4 Å². The Morgan fingerprint density at radius 2 is 1.91 bits per heavy atom. The second kappa shape index (κ2) is 13.3. The number of sulfone groups is 1. The number of nitrogens with one attached hydrogen (secondary N) is 3. The Balaban J connectivity index is 1.40. The van der Waals surface area contributed by atoms with Gasteiger partial charge in [0.1, 0.15) is 18.0 Å². The second-order valence-corrected chi connectivity index (χ2v) is 14.3. The number of likely N-dealkylation sites (N-methyl/N-ethyl adjacent to an activating group) is 1. The van der Waals surface area contributed by atoms with Gasteiger partial charge in [0.15, 0.2) is 15.7 Å². The Morgan fingerprint density at radius 1 is 1.20 bits per heavy atom. The van der Waals surface area contributed by atoms with E-state index in [9.17, 15) is 22.8 Å². The maximum Gasteiger partial charge on any atom is 0.410 e. The zero-order valence-electron chi connectivity index (χ0n) is 26.6. The molecule has 1 saturated heterocycles. The van der Waals surface area contributed by atoms with Crippen LogP contribution < -0.4 is 25.8 Å². The van der Waals surface area contributed by atoms with E-state index in [0.29, 0.717) is 30.3 Å². The van der Waals surface area contributed by atoms with Gasteiger partial charge < -0.3 is 35.4 Å². The Kier molecular flexibility index (Phi) is 9.85. The van der Waals surface area contributed by atoms with E-state index in [1.807, 2.05) is 39.5 Å². The van der Waals surface area contributed by atoms with Crippen molar-refractivity contribution in [3.05, 3.63) is 24.4 Å². The van der Waals surface area contributed by atoms with E-state index >= 15 is 0 Å². The second-order valence-electron chi connectivity index (χ2n) is 12.3. The quantitative estimate of drug-likeness (QED) is 0.362. The normalized spacial score (nSPS) is 17.1. The average Bonchev–Trinajstić information content (AvgIpc) is 3.41. The van der Waals surface area contributed by atoms with Crippen molar-refractivity contribution >= 4 is 62.9 Å². The van der Waals surface area contributed by atoms with Crippen LogP contribution in [0.1, 0.15) is 41.0 Å². The minimum absolute atomic E-state index is 0.00135. The first-order valence-electron chi connectivity index (χ1n) is 14.6. The van der Waals surface area contributed by atoms with Crippen molar-refractivity contribution in [3.63, 3.8) is 0 Å². The van der Waals surface area contributed by atoms with E-state index in [0.717, 1.165) is 12.7 Å². The SMILES string of the molecule is CC(C)N1CC(=O)N(C)c2cnc(Nc3cc(NC(=O)NCN=CC4CCN(C(=O)OC(C)(C)C)C4)cc(S(C)(=O)=O)c3)nc21. The van der Waals surface area contributed by atoms with E-state index in [-0.39, 0.29) is 53.7 Å². The molecule has 0 spiro atoms. The zero-order valence-corrected chi connectivity index (χ0v) is 27.4. The van der Waals surface area contributed by atoms with Crippen molar-refractivity contribution in [1.82, 2.24) is 20.2 Å². The summed E-state index contributed by atoms with van der Waals surface area (Å²) in [6, 6.07) is 3.74. The van der Waals surface area contributed by atoms with Gasteiger partial charge in [-0.1, -0.05) is 0 Å². The lowest BCUT2D eigenvalue weighted by molar-refractivity contribution is -0.117. The minimum atomic E-state index is -3.64. The van der Waals surface area contributed by atoms with Crippen molar-refractivity contribution in [2.45, 2.75) is 57.6 Å². The van der Waals surface area contributed by atoms with Gasteiger partial charge in [-0.25, -0.2) is 23.0 Å². The van der Waals surface area contributed by atoms with E-state index in [1.54, 1.807) is 24.2 Å². The van der Waals surface area contributed by atoms with Gasteiger partial charge >= 0.3 is 12.1 Å². The lowest BCUT2D eigenvalue weighted by Gasteiger charge is -2.36. The minimum Gasteiger partial charge on any atom is -0.444 e. The molecular formula is C29H41N9O6S. The van der Waals surface area contributed by atoms with E-state index in [4.69, 9.17) is 4.74 Å². The lowest BCUT2D eigenvalue weighted by atomic mass is 10.1. The number of nitrogens with zero attached hydrogens (tertiary/aromatic N) is 6. The summed E-state index contributed by atoms with van der Waals surface area (Å²) >= 11 is 0. The number of amides is 4. The molecule has 2 aromatic rings. The fourth-order valence-electron chi connectivity index (χ4n) is 4.75. The molecule has 1 fully saturated rings. The monoisotopic (exact) mass is 643 g/mol. The largest absolute Gasteiger partial charge is 0.444 e. The first kappa shape index (κ1) is 33.4. The molecule has 1 aromatic heterocycles. The Hall–Kier alpha value is -4.47. The standard InChI is InChI=1S/C29H41N9O6S/c1-18(2)38-16-24(39)36(6)23-14-31-26(35-25(23)38)33-20-10-21(12-22(11-20)45(7,42)43)34-27(40)32-17-30-13-19-8-9-37(15-19)28(41)44-29(3,4)5/h10-14,18-19H,8-9,15-17H2,1-7H3,(H,31,33,35)(H2,32,34,40). The van der Waals surface area contributed by atoms with Gasteiger partial charge in [-0.15, -0.1) is 0 Å². The molecule has 4 amide bonds. The Morgan fingerprint density at radius 3 is 2.58 bits per heavy atom. The molecule has 0 radical (unpaired) electrons. The van der Waals surface area contributed by atoms with Gasteiger partial charge in [-0.05, 0) is 59.2 Å². The lowest BCUT2D eigenvalue weighted by Crippen LogP contribution is -2.47. The maximum absolute atomic E-state index is 12.6. The summed E-state index contributed by atoms with van der Waals surface area (Å²) < 4.78 is 30.3. The first-order valence-corrected chi connectivity index (χ1v) is 16.4. The van der Waals surface area contributed by atoms with E-state index in [1.165, 1.54) is 23.2 Å². The van der Waals surface area contributed by atoms with Crippen LogP contribution in [0.3, 0.4) is 0 Å². The van der Waals surface area contributed by atoms with Gasteiger partial charge in [-0.3, -0.25) is 9.79 Å². The summed E-state index contributed by atoms with van der Waals surface area (Å²) in [5.41, 5.74) is 0.545.